The Balaban J connectivity index is 1.87. The van der Waals surface area contributed by atoms with Crippen LogP contribution in [0.3, 0.4) is 0 Å². The summed E-state index contributed by atoms with van der Waals surface area (Å²) in [6.45, 7) is 5.18. The Morgan fingerprint density at radius 2 is 2.29 bits per heavy atom. The molecule has 2 atom stereocenters. The molecule has 1 amide bonds. The van der Waals surface area contributed by atoms with E-state index in [0.717, 1.165) is 26.1 Å². The Labute approximate surface area is 84.3 Å². The lowest BCUT2D eigenvalue weighted by atomic mass is 9.88. The van der Waals surface area contributed by atoms with Crippen LogP contribution in [0.25, 0.3) is 0 Å². The fraction of sp³-hybridized carbons (Fsp3) is 0.900. The second kappa shape index (κ2) is 3.87. The summed E-state index contributed by atoms with van der Waals surface area (Å²) in [4.78, 5) is 13.7. The molecule has 0 radical (unpaired) electrons. The van der Waals surface area contributed by atoms with Crippen molar-refractivity contribution in [1.29, 1.82) is 0 Å². The van der Waals surface area contributed by atoms with Gasteiger partial charge in [-0.25, -0.2) is 0 Å². The molecule has 2 aliphatic rings. The fourth-order valence-electron chi connectivity index (χ4n) is 2.10. The van der Waals surface area contributed by atoms with Gasteiger partial charge in [-0.3, -0.25) is 4.79 Å². The first-order chi connectivity index (χ1) is 6.68. The number of likely N-dealkylation sites (tertiary alicyclic amines) is 1. The lowest BCUT2D eigenvalue weighted by Crippen LogP contribution is -2.50. The van der Waals surface area contributed by atoms with Gasteiger partial charge in [0.1, 0.15) is 0 Å². The molecule has 0 aliphatic carbocycles. The molecule has 0 aromatic heterocycles. The zero-order valence-electron chi connectivity index (χ0n) is 8.57. The van der Waals surface area contributed by atoms with E-state index >= 15 is 0 Å². The Morgan fingerprint density at radius 1 is 1.57 bits per heavy atom. The molecule has 4 heteroatoms. The Kier molecular flexibility index (Phi) is 2.74. The second-order valence-electron chi connectivity index (χ2n) is 4.43. The molecule has 0 aromatic rings. The number of carbonyl (C=O) groups is 1. The highest BCUT2D eigenvalue weighted by atomic mass is 16.3. The summed E-state index contributed by atoms with van der Waals surface area (Å²) in [6, 6.07) is 0. The molecule has 0 saturated carbocycles. The van der Waals surface area contributed by atoms with Crippen LogP contribution in [0, 0.1) is 11.8 Å². The van der Waals surface area contributed by atoms with Gasteiger partial charge >= 0.3 is 0 Å². The van der Waals surface area contributed by atoms with E-state index in [1.54, 1.807) is 4.90 Å². The van der Waals surface area contributed by atoms with Crippen LogP contribution in [-0.2, 0) is 4.79 Å². The number of amides is 1. The van der Waals surface area contributed by atoms with Crippen molar-refractivity contribution in [3.8, 4) is 0 Å². The minimum Gasteiger partial charge on any atom is -0.391 e. The van der Waals surface area contributed by atoms with Crippen molar-refractivity contribution in [2.75, 3.05) is 26.2 Å². The van der Waals surface area contributed by atoms with Gasteiger partial charge in [-0.2, -0.15) is 0 Å². The normalized spacial score (nSPS) is 30.1. The van der Waals surface area contributed by atoms with Crippen LogP contribution < -0.4 is 5.32 Å². The fourth-order valence-corrected chi connectivity index (χ4v) is 2.10. The molecular weight excluding hydrogens is 180 g/mol. The predicted octanol–water partition coefficient (Wildman–Crippen LogP) is -0.565. The van der Waals surface area contributed by atoms with Gasteiger partial charge in [0.25, 0.3) is 0 Å². The molecule has 0 bridgehead atoms. The van der Waals surface area contributed by atoms with Gasteiger partial charge in [0.15, 0.2) is 0 Å². The van der Waals surface area contributed by atoms with Crippen LogP contribution in [0.1, 0.15) is 13.3 Å². The van der Waals surface area contributed by atoms with E-state index in [1.165, 1.54) is 0 Å². The lowest BCUT2D eigenvalue weighted by molar-refractivity contribution is -0.136. The Morgan fingerprint density at radius 3 is 2.71 bits per heavy atom. The third kappa shape index (κ3) is 1.77. The molecule has 0 aromatic carbocycles. The van der Waals surface area contributed by atoms with Crippen molar-refractivity contribution in [2.24, 2.45) is 11.8 Å². The van der Waals surface area contributed by atoms with Crippen LogP contribution in [0.5, 0.6) is 0 Å². The summed E-state index contributed by atoms with van der Waals surface area (Å²) in [5, 5.41) is 12.5. The zero-order valence-corrected chi connectivity index (χ0v) is 8.57. The van der Waals surface area contributed by atoms with Crippen molar-refractivity contribution in [3.63, 3.8) is 0 Å². The quantitative estimate of drug-likeness (QED) is 0.625. The number of hydrogen-bond donors (Lipinski definition) is 2. The van der Waals surface area contributed by atoms with E-state index in [2.05, 4.69) is 5.32 Å². The predicted molar refractivity (Wildman–Crippen MR) is 52.7 cm³/mol. The molecule has 80 valence electrons. The molecular formula is C10H18N2O2. The van der Waals surface area contributed by atoms with Crippen molar-refractivity contribution >= 4 is 5.91 Å². The van der Waals surface area contributed by atoms with Crippen molar-refractivity contribution in [1.82, 2.24) is 10.2 Å². The van der Waals surface area contributed by atoms with E-state index in [-0.39, 0.29) is 17.9 Å². The number of nitrogens with zero attached hydrogens (tertiary/aromatic N) is 1. The molecule has 2 unspecified atom stereocenters. The summed E-state index contributed by atoms with van der Waals surface area (Å²) < 4.78 is 0. The minimum atomic E-state index is -0.300. The summed E-state index contributed by atoms with van der Waals surface area (Å²) in [5.74, 6) is 0.829. The first kappa shape index (κ1) is 9.93. The number of hydrogen-bond acceptors (Lipinski definition) is 3. The maximum atomic E-state index is 11.9. The number of β-amino-alcohol motifs (C(OH)–C–C–N with tert-alkyl or cyclic N) is 1. The smallest absolute Gasteiger partial charge is 0.225 e. The first-order valence-electron chi connectivity index (χ1n) is 5.36. The van der Waals surface area contributed by atoms with E-state index in [1.807, 2.05) is 6.92 Å². The van der Waals surface area contributed by atoms with E-state index in [9.17, 15) is 9.90 Å². The third-order valence-corrected chi connectivity index (χ3v) is 3.38. The average Bonchev–Trinajstić information content (AvgIpc) is 2.47. The van der Waals surface area contributed by atoms with Gasteiger partial charge in [-0.15, -0.1) is 0 Å². The van der Waals surface area contributed by atoms with Crippen LogP contribution in [0.2, 0.25) is 0 Å². The molecule has 2 rings (SSSR count). The minimum absolute atomic E-state index is 0.113. The van der Waals surface area contributed by atoms with E-state index in [0.29, 0.717) is 12.5 Å². The SMILES string of the molecule is CC(C(=O)N1CCC(O)C1)C1CNC1. The Bertz CT molecular complexity index is 224. The number of aliphatic hydroxyl groups is 1. The molecule has 2 aliphatic heterocycles. The molecule has 4 nitrogen and oxygen atoms in total. The third-order valence-electron chi connectivity index (χ3n) is 3.38. The van der Waals surface area contributed by atoms with Gasteiger partial charge in [0, 0.05) is 19.0 Å². The summed E-state index contributed by atoms with van der Waals surface area (Å²) >= 11 is 0. The molecule has 0 spiro atoms. The van der Waals surface area contributed by atoms with Crippen LogP contribution >= 0.6 is 0 Å². The molecule has 2 N–H and O–H groups in total. The van der Waals surface area contributed by atoms with Crippen LogP contribution in [0.15, 0.2) is 0 Å². The van der Waals surface area contributed by atoms with Gasteiger partial charge in [0.05, 0.1) is 6.10 Å². The van der Waals surface area contributed by atoms with Crippen LogP contribution in [-0.4, -0.2) is 48.2 Å². The van der Waals surface area contributed by atoms with E-state index < -0.39 is 0 Å². The molecule has 2 heterocycles. The highest BCUT2D eigenvalue weighted by Gasteiger charge is 2.34. The highest BCUT2D eigenvalue weighted by molar-refractivity contribution is 5.79. The highest BCUT2D eigenvalue weighted by Crippen LogP contribution is 2.20. The maximum absolute atomic E-state index is 11.9. The lowest BCUT2D eigenvalue weighted by Gasteiger charge is -2.33. The first-order valence-corrected chi connectivity index (χ1v) is 5.36. The number of aliphatic hydroxyl groups excluding tert-OH is 1. The van der Waals surface area contributed by atoms with Gasteiger partial charge in [-0.1, -0.05) is 6.92 Å². The number of carbonyl (C=O) groups excluding carboxylic acids is 1. The maximum Gasteiger partial charge on any atom is 0.225 e. The van der Waals surface area contributed by atoms with Gasteiger partial charge in [-0.05, 0) is 25.4 Å². The monoisotopic (exact) mass is 198 g/mol. The summed E-state index contributed by atoms with van der Waals surface area (Å²) in [6.07, 6.45) is 0.437. The molecule has 14 heavy (non-hydrogen) atoms. The summed E-state index contributed by atoms with van der Waals surface area (Å²) in [5.41, 5.74) is 0. The van der Waals surface area contributed by atoms with Crippen molar-refractivity contribution in [3.05, 3.63) is 0 Å². The topological polar surface area (TPSA) is 52.6 Å². The van der Waals surface area contributed by atoms with Crippen LogP contribution in [0.4, 0.5) is 0 Å². The largest absolute Gasteiger partial charge is 0.391 e. The second-order valence-corrected chi connectivity index (χ2v) is 4.43. The van der Waals surface area contributed by atoms with E-state index in [4.69, 9.17) is 0 Å². The summed E-state index contributed by atoms with van der Waals surface area (Å²) in [7, 11) is 0. The zero-order chi connectivity index (χ0) is 10.1. The van der Waals surface area contributed by atoms with Gasteiger partial charge in [0.2, 0.25) is 5.91 Å². The van der Waals surface area contributed by atoms with Crippen molar-refractivity contribution < 1.29 is 9.90 Å². The number of nitrogens with one attached hydrogen (secondary N) is 1. The Hall–Kier alpha value is -0.610. The standard InChI is InChI=1S/C10H18N2O2/c1-7(8-4-11-5-8)10(14)12-3-2-9(13)6-12/h7-9,11,13H,2-6H2,1H3. The molecule has 2 saturated heterocycles. The van der Waals surface area contributed by atoms with Gasteiger partial charge < -0.3 is 15.3 Å². The number of rotatable bonds is 2. The molecule has 2 fully saturated rings. The average molecular weight is 198 g/mol. The van der Waals surface area contributed by atoms with Crippen molar-refractivity contribution in [2.45, 2.75) is 19.4 Å².